The van der Waals surface area contributed by atoms with Gasteiger partial charge in [-0.15, -0.1) is 10.2 Å². The van der Waals surface area contributed by atoms with Gasteiger partial charge in [0.15, 0.2) is 23.2 Å². The zero-order chi connectivity index (χ0) is 18.4. The highest BCUT2D eigenvalue weighted by Crippen LogP contribution is 2.22. The predicted octanol–water partition coefficient (Wildman–Crippen LogP) is 2.49. The maximum absolute atomic E-state index is 5.43. The third-order valence-corrected chi connectivity index (χ3v) is 4.43. The molecule has 8 nitrogen and oxygen atoms in total. The molecule has 3 heterocycles. The van der Waals surface area contributed by atoms with Gasteiger partial charge < -0.3 is 15.2 Å². The fourth-order valence-corrected chi connectivity index (χ4v) is 2.88. The first kappa shape index (κ1) is 17.9. The first-order valence-corrected chi connectivity index (χ1v) is 8.93. The van der Waals surface area contributed by atoms with Crippen molar-refractivity contribution in [3.63, 3.8) is 0 Å². The molecule has 138 valence electrons. The van der Waals surface area contributed by atoms with Crippen molar-refractivity contribution in [1.29, 1.82) is 0 Å². The van der Waals surface area contributed by atoms with E-state index in [1.54, 1.807) is 7.05 Å². The topological polar surface area (TPSA) is 92.6 Å². The van der Waals surface area contributed by atoms with Gasteiger partial charge in [-0.1, -0.05) is 25.1 Å². The fraction of sp³-hybridized carbons (Fsp3) is 0.444. The number of aromatic nitrogens is 4. The Morgan fingerprint density at radius 1 is 1.19 bits per heavy atom. The number of hydrogen-bond donors (Lipinski definition) is 2. The lowest BCUT2D eigenvalue weighted by molar-refractivity contribution is 0.368. The number of nitrogens with one attached hydrogen (secondary N) is 2. The van der Waals surface area contributed by atoms with E-state index in [2.05, 4.69) is 44.8 Å². The van der Waals surface area contributed by atoms with Crippen molar-refractivity contribution in [3.05, 3.63) is 47.7 Å². The summed E-state index contributed by atoms with van der Waals surface area (Å²) in [6, 6.07) is 7.83. The van der Waals surface area contributed by atoms with Crippen LogP contribution in [0.4, 0.5) is 0 Å². The molecule has 0 aliphatic heterocycles. The molecule has 0 atom stereocenters. The molecule has 0 aliphatic rings. The van der Waals surface area contributed by atoms with Crippen LogP contribution in [0.5, 0.6) is 0 Å². The number of aliphatic imine (C=N–C) groups is 1. The first-order valence-electron chi connectivity index (χ1n) is 8.93. The second-order valence-corrected chi connectivity index (χ2v) is 6.06. The Kier molecular flexibility index (Phi) is 5.83. The molecule has 0 bridgehead atoms. The lowest BCUT2D eigenvalue weighted by atomic mass is 9.99. The van der Waals surface area contributed by atoms with Crippen LogP contribution in [-0.4, -0.2) is 32.8 Å². The molecule has 26 heavy (non-hydrogen) atoms. The summed E-state index contributed by atoms with van der Waals surface area (Å²) in [6.45, 7) is 5.37. The van der Waals surface area contributed by atoms with Crippen molar-refractivity contribution in [2.45, 2.75) is 45.7 Å². The summed E-state index contributed by atoms with van der Waals surface area (Å²) < 4.78 is 7.37. The number of guanidine groups is 1. The minimum absolute atomic E-state index is 0.450. The van der Waals surface area contributed by atoms with E-state index in [0.717, 1.165) is 35.8 Å². The molecule has 0 aliphatic carbocycles. The van der Waals surface area contributed by atoms with Crippen LogP contribution < -0.4 is 10.6 Å². The van der Waals surface area contributed by atoms with Crippen LogP contribution >= 0.6 is 0 Å². The van der Waals surface area contributed by atoms with Crippen molar-refractivity contribution in [3.8, 4) is 0 Å². The Morgan fingerprint density at radius 3 is 2.77 bits per heavy atom. The highest BCUT2D eigenvalue weighted by molar-refractivity contribution is 5.79. The van der Waals surface area contributed by atoms with Gasteiger partial charge in [0.05, 0.1) is 18.8 Å². The Hall–Kier alpha value is -2.90. The van der Waals surface area contributed by atoms with Crippen molar-refractivity contribution in [2.24, 2.45) is 4.99 Å². The van der Waals surface area contributed by atoms with E-state index in [1.165, 1.54) is 0 Å². The standard InChI is InChI=1S/C18H25N7O/c1-4-13(5-2)15-10-14(26-24-15)11-20-18(19-3)21-12-17-23-22-16-8-6-7-9-25(16)17/h6-10,13H,4-5,11-12H2,1-3H3,(H2,19,20,21). The summed E-state index contributed by atoms with van der Waals surface area (Å²) in [4.78, 5) is 4.23. The van der Waals surface area contributed by atoms with Gasteiger partial charge in [0.25, 0.3) is 0 Å². The van der Waals surface area contributed by atoms with Gasteiger partial charge >= 0.3 is 0 Å². The SMILES string of the molecule is CCC(CC)c1cc(CNC(=NC)NCc2nnc3ccccn23)on1. The molecule has 0 saturated heterocycles. The van der Waals surface area contributed by atoms with Gasteiger partial charge in [-0.05, 0) is 25.0 Å². The maximum Gasteiger partial charge on any atom is 0.191 e. The molecule has 3 rings (SSSR count). The third kappa shape index (κ3) is 4.01. The number of nitrogens with zero attached hydrogens (tertiary/aromatic N) is 5. The molecular formula is C18H25N7O. The van der Waals surface area contributed by atoms with E-state index >= 15 is 0 Å². The Bertz CT molecular complexity index is 863. The van der Waals surface area contributed by atoms with E-state index in [9.17, 15) is 0 Å². The van der Waals surface area contributed by atoms with Crippen LogP contribution in [0.1, 0.15) is 49.9 Å². The molecule has 0 fully saturated rings. The van der Waals surface area contributed by atoms with Crippen molar-refractivity contribution >= 4 is 11.6 Å². The van der Waals surface area contributed by atoms with E-state index in [0.29, 0.717) is 25.0 Å². The van der Waals surface area contributed by atoms with Crippen LogP contribution in [0.15, 0.2) is 40.0 Å². The molecule has 3 aromatic rings. The van der Waals surface area contributed by atoms with E-state index < -0.39 is 0 Å². The molecule has 2 N–H and O–H groups in total. The zero-order valence-corrected chi connectivity index (χ0v) is 15.4. The molecule has 0 aromatic carbocycles. The van der Waals surface area contributed by atoms with Gasteiger partial charge in [-0.3, -0.25) is 9.39 Å². The minimum atomic E-state index is 0.450. The monoisotopic (exact) mass is 355 g/mol. The lowest BCUT2D eigenvalue weighted by Gasteiger charge is -2.09. The number of pyridine rings is 1. The van der Waals surface area contributed by atoms with E-state index in [-0.39, 0.29) is 0 Å². The number of hydrogen-bond acceptors (Lipinski definition) is 5. The van der Waals surface area contributed by atoms with Crippen LogP contribution in [0, 0.1) is 0 Å². The maximum atomic E-state index is 5.43. The average Bonchev–Trinajstić information content (AvgIpc) is 3.30. The molecule has 0 unspecified atom stereocenters. The second kappa shape index (κ2) is 8.46. The minimum Gasteiger partial charge on any atom is -0.359 e. The van der Waals surface area contributed by atoms with Gasteiger partial charge in [0.1, 0.15) is 0 Å². The highest BCUT2D eigenvalue weighted by Gasteiger charge is 2.13. The molecular weight excluding hydrogens is 330 g/mol. The highest BCUT2D eigenvalue weighted by atomic mass is 16.5. The Labute approximate surface area is 152 Å². The van der Waals surface area contributed by atoms with E-state index in [4.69, 9.17) is 4.52 Å². The summed E-state index contributed by atoms with van der Waals surface area (Å²) in [5, 5.41) is 19.0. The summed E-state index contributed by atoms with van der Waals surface area (Å²) in [5.74, 6) is 2.73. The Balaban J connectivity index is 1.55. The van der Waals surface area contributed by atoms with E-state index in [1.807, 2.05) is 34.9 Å². The van der Waals surface area contributed by atoms with Crippen LogP contribution in [0.3, 0.4) is 0 Å². The van der Waals surface area contributed by atoms with Gasteiger partial charge in [-0.25, -0.2) is 0 Å². The van der Waals surface area contributed by atoms with Gasteiger partial charge in [0.2, 0.25) is 0 Å². The van der Waals surface area contributed by atoms with Crippen LogP contribution in [0.25, 0.3) is 5.65 Å². The summed E-state index contributed by atoms with van der Waals surface area (Å²) >= 11 is 0. The number of rotatable bonds is 7. The first-order chi connectivity index (χ1) is 12.7. The molecule has 0 saturated carbocycles. The molecule has 0 spiro atoms. The Morgan fingerprint density at radius 2 is 2.00 bits per heavy atom. The van der Waals surface area contributed by atoms with Crippen LogP contribution in [-0.2, 0) is 13.1 Å². The van der Waals surface area contributed by atoms with Crippen LogP contribution in [0.2, 0.25) is 0 Å². The van der Waals surface area contributed by atoms with Crippen molar-refractivity contribution in [1.82, 2.24) is 30.4 Å². The summed E-state index contributed by atoms with van der Waals surface area (Å²) in [5.41, 5.74) is 1.84. The second-order valence-electron chi connectivity index (χ2n) is 6.06. The fourth-order valence-electron chi connectivity index (χ4n) is 2.88. The summed E-state index contributed by atoms with van der Waals surface area (Å²) in [6.07, 6.45) is 4.06. The lowest BCUT2D eigenvalue weighted by Crippen LogP contribution is -2.36. The molecule has 0 radical (unpaired) electrons. The smallest absolute Gasteiger partial charge is 0.191 e. The molecule has 3 aromatic heterocycles. The summed E-state index contributed by atoms with van der Waals surface area (Å²) in [7, 11) is 1.73. The number of fused-ring (bicyclic) bond motifs is 1. The molecule has 8 heteroatoms. The predicted molar refractivity (Wildman–Crippen MR) is 99.9 cm³/mol. The third-order valence-electron chi connectivity index (χ3n) is 4.43. The molecule has 0 amide bonds. The normalized spacial score (nSPS) is 12.1. The van der Waals surface area contributed by atoms with Gasteiger partial charge in [0, 0.05) is 25.2 Å². The zero-order valence-electron chi connectivity index (χ0n) is 15.4. The van der Waals surface area contributed by atoms with Crippen molar-refractivity contribution in [2.75, 3.05) is 7.05 Å². The quantitative estimate of drug-likeness (QED) is 0.500. The van der Waals surface area contributed by atoms with Crippen molar-refractivity contribution < 1.29 is 4.52 Å². The average molecular weight is 355 g/mol. The van der Waals surface area contributed by atoms with Gasteiger partial charge in [-0.2, -0.15) is 0 Å². The largest absolute Gasteiger partial charge is 0.359 e.